The van der Waals surface area contributed by atoms with Gasteiger partial charge in [0.05, 0.1) is 0 Å². The maximum Gasteiger partial charge on any atom is 0.246 e. The molecule has 0 radical (unpaired) electrons. The van der Waals surface area contributed by atoms with Crippen molar-refractivity contribution in [2.24, 2.45) is 5.11 Å². The van der Waals surface area contributed by atoms with Crippen LogP contribution in [0.25, 0.3) is 16.5 Å². The third-order valence-electron chi connectivity index (χ3n) is 3.75. The molecule has 0 aromatic heterocycles. The number of thioether (sulfide) groups is 1. The van der Waals surface area contributed by atoms with E-state index in [0.29, 0.717) is 13.1 Å². The Morgan fingerprint density at radius 1 is 1.30 bits per heavy atom. The van der Waals surface area contributed by atoms with Gasteiger partial charge in [0.15, 0.2) is 0 Å². The first kappa shape index (κ1) is 17.2. The minimum absolute atomic E-state index is 0.00627. The molecule has 0 spiro atoms. The Labute approximate surface area is 140 Å². The van der Waals surface area contributed by atoms with Gasteiger partial charge in [-0.05, 0) is 42.3 Å². The van der Waals surface area contributed by atoms with Crippen molar-refractivity contribution in [1.82, 2.24) is 4.90 Å². The molecule has 1 saturated heterocycles. The van der Waals surface area contributed by atoms with Crippen LogP contribution in [-0.4, -0.2) is 36.2 Å². The molecule has 0 N–H and O–H groups in total. The van der Waals surface area contributed by atoms with Gasteiger partial charge in [-0.15, -0.1) is 11.8 Å². The van der Waals surface area contributed by atoms with Crippen molar-refractivity contribution in [3.05, 3.63) is 58.5 Å². The lowest BCUT2D eigenvalue weighted by molar-refractivity contribution is -0.127. The highest BCUT2D eigenvalue weighted by Gasteiger charge is 2.20. The number of amides is 1. The molecule has 23 heavy (non-hydrogen) atoms. The van der Waals surface area contributed by atoms with Gasteiger partial charge in [-0.25, -0.2) is 0 Å². The number of rotatable bonds is 5. The van der Waals surface area contributed by atoms with Gasteiger partial charge in [-0.2, -0.15) is 0 Å². The van der Waals surface area contributed by atoms with Crippen LogP contribution in [0.5, 0.6) is 0 Å². The lowest BCUT2D eigenvalue weighted by Gasteiger charge is -2.28. The zero-order valence-corrected chi connectivity index (χ0v) is 13.9. The number of nitrogens with zero attached hydrogens (tertiary/aromatic N) is 4. The van der Waals surface area contributed by atoms with E-state index in [-0.39, 0.29) is 11.9 Å². The summed E-state index contributed by atoms with van der Waals surface area (Å²) >= 11 is 1.71. The largest absolute Gasteiger partial charge is 0.339 e. The molecule has 1 aliphatic heterocycles. The van der Waals surface area contributed by atoms with Crippen LogP contribution in [0.3, 0.4) is 0 Å². The minimum Gasteiger partial charge on any atom is -0.339 e. The van der Waals surface area contributed by atoms with Gasteiger partial charge in [-0.3, -0.25) is 4.79 Å². The van der Waals surface area contributed by atoms with E-state index < -0.39 is 0 Å². The Bertz CT molecular complexity index is 624. The Kier molecular flexibility index (Phi) is 6.78. The van der Waals surface area contributed by atoms with Crippen molar-refractivity contribution in [3.63, 3.8) is 0 Å². The van der Waals surface area contributed by atoms with Gasteiger partial charge < -0.3 is 4.90 Å². The standard InChI is InChI=1S/C17H20N4OS/c1-23-16-8-6-14(7-9-16)4-2-3-5-17(22)21-12-10-15(11-13-21)19-20-18/h2-9,15H,10-13H2,1H3/b4-2+,5-3+. The van der Waals surface area contributed by atoms with Crippen LogP contribution >= 0.6 is 11.8 Å². The fourth-order valence-electron chi connectivity index (χ4n) is 2.40. The van der Waals surface area contributed by atoms with Crippen LogP contribution in [-0.2, 0) is 4.79 Å². The SMILES string of the molecule is CSc1ccc(/C=C/C=C/C(=O)N2CCC(N=[N+]=[N-])CC2)cc1. The molecule has 1 aliphatic rings. The molecule has 1 aromatic carbocycles. The number of piperidine rings is 1. The number of allylic oxidation sites excluding steroid dienone is 2. The first-order chi connectivity index (χ1) is 11.2. The summed E-state index contributed by atoms with van der Waals surface area (Å²) < 4.78 is 0. The molecular weight excluding hydrogens is 308 g/mol. The summed E-state index contributed by atoms with van der Waals surface area (Å²) in [7, 11) is 0. The molecule has 0 atom stereocenters. The van der Waals surface area contributed by atoms with Crippen molar-refractivity contribution < 1.29 is 4.79 Å². The monoisotopic (exact) mass is 328 g/mol. The van der Waals surface area contributed by atoms with E-state index in [1.807, 2.05) is 12.2 Å². The van der Waals surface area contributed by atoms with Gasteiger partial charge >= 0.3 is 0 Å². The molecule has 120 valence electrons. The molecule has 2 rings (SSSR count). The van der Waals surface area contributed by atoms with E-state index in [2.05, 4.69) is 40.5 Å². The Hall–Kier alpha value is -2.17. The van der Waals surface area contributed by atoms with Gasteiger partial charge in [0.1, 0.15) is 0 Å². The Morgan fingerprint density at radius 2 is 2.00 bits per heavy atom. The van der Waals surface area contributed by atoms with Gasteiger partial charge in [0, 0.05) is 35.0 Å². The molecule has 1 fully saturated rings. The Morgan fingerprint density at radius 3 is 2.61 bits per heavy atom. The van der Waals surface area contributed by atoms with Crippen molar-refractivity contribution in [2.45, 2.75) is 23.8 Å². The molecule has 6 heteroatoms. The summed E-state index contributed by atoms with van der Waals surface area (Å²) in [5.41, 5.74) is 9.52. The number of carbonyl (C=O) groups is 1. The lowest BCUT2D eigenvalue weighted by Crippen LogP contribution is -2.38. The first-order valence-corrected chi connectivity index (χ1v) is 8.77. The summed E-state index contributed by atoms with van der Waals surface area (Å²) in [5.74, 6) is 0.00627. The number of hydrogen-bond acceptors (Lipinski definition) is 3. The lowest BCUT2D eigenvalue weighted by atomic mass is 10.1. The third kappa shape index (κ3) is 5.51. The molecule has 0 saturated carbocycles. The molecular formula is C17H20N4OS. The average molecular weight is 328 g/mol. The number of likely N-dealkylation sites (tertiary alicyclic amines) is 1. The summed E-state index contributed by atoms with van der Waals surface area (Å²) in [6.07, 6.45) is 10.7. The minimum atomic E-state index is 0.00627. The van der Waals surface area contributed by atoms with E-state index in [4.69, 9.17) is 5.53 Å². The predicted octanol–water partition coefficient (Wildman–Crippen LogP) is 4.28. The zero-order valence-electron chi connectivity index (χ0n) is 13.1. The summed E-state index contributed by atoms with van der Waals surface area (Å²) in [5, 5.41) is 3.71. The summed E-state index contributed by atoms with van der Waals surface area (Å²) in [6.45, 7) is 1.29. The van der Waals surface area contributed by atoms with Crippen molar-refractivity contribution in [1.29, 1.82) is 0 Å². The van der Waals surface area contributed by atoms with Crippen LogP contribution in [0.1, 0.15) is 18.4 Å². The summed E-state index contributed by atoms with van der Waals surface area (Å²) in [6, 6.07) is 8.29. The maximum absolute atomic E-state index is 12.1. The fraction of sp³-hybridized carbons (Fsp3) is 0.353. The molecule has 1 aromatic rings. The molecule has 0 unspecified atom stereocenters. The molecule has 0 bridgehead atoms. The third-order valence-corrected chi connectivity index (χ3v) is 4.49. The number of azide groups is 1. The van der Waals surface area contributed by atoms with Crippen LogP contribution in [0.15, 0.2) is 52.5 Å². The van der Waals surface area contributed by atoms with Crippen LogP contribution in [0, 0.1) is 0 Å². The van der Waals surface area contributed by atoms with Crippen LogP contribution < -0.4 is 0 Å². The van der Waals surface area contributed by atoms with Crippen LogP contribution in [0.4, 0.5) is 0 Å². The van der Waals surface area contributed by atoms with Crippen LogP contribution in [0.2, 0.25) is 0 Å². The smallest absolute Gasteiger partial charge is 0.246 e. The average Bonchev–Trinajstić information content (AvgIpc) is 2.60. The Balaban J connectivity index is 1.81. The number of carbonyl (C=O) groups excluding carboxylic acids is 1. The fourth-order valence-corrected chi connectivity index (χ4v) is 2.81. The van der Waals surface area contributed by atoms with E-state index in [0.717, 1.165) is 18.4 Å². The normalized spacial score (nSPS) is 16.0. The first-order valence-electron chi connectivity index (χ1n) is 7.55. The van der Waals surface area contributed by atoms with Crippen molar-refractivity contribution >= 4 is 23.7 Å². The van der Waals surface area contributed by atoms with Gasteiger partial charge in [0.25, 0.3) is 0 Å². The number of hydrogen-bond donors (Lipinski definition) is 0. The van der Waals surface area contributed by atoms with E-state index >= 15 is 0 Å². The second-order valence-electron chi connectivity index (χ2n) is 5.25. The number of benzene rings is 1. The molecule has 1 heterocycles. The highest BCUT2D eigenvalue weighted by Crippen LogP contribution is 2.16. The second-order valence-corrected chi connectivity index (χ2v) is 6.13. The predicted molar refractivity (Wildman–Crippen MR) is 95.1 cm³/mol. The highest BCUT2D eigenvalue weighted by atomic mass is 32.2. The molecule has 0 aliphatic carbocycles. The molecule has 5 nitrogen and oxygen atoms in total. The van der Waals surface area contributed by atoms with E-state index in [1.54, 1.807) is 28.8 Å². The van der Waals surface area contributed by atoms with E-state index in [1.165, 1.54) is 4.90 Å². The molecule has 1 amide bonds. The highest BCUT2D eigenvalue weighted by molar-refractivity contribution is 7.98. The quantitative estimate of drug-likeness (QED) is 0.202. The summed E-state index contributed by atoms with van der Waals surface area (Å²) in [4.78, 5) is 17.9. The van der Waals surface area contributed by atoms with Gasteiger partial charge in [0.2, 0.25) is 5.91 Å². The van der Waals surface area contributed by atoms with Crippen molar-refractivity contribution in [3.8, 4) is 0 Å². The second kappa shape index (κ2) is 9.08. The van der Waals surface area contributed by atoms with Gasteiger partial charge in [-0.1, -0.05) is 35.5 Å². The maximum atomic E-state index is 12.1. The zero-order chi connectivity index (χ0) is 16.5. The van der Waals surface area contributed by atoms with Crippen molar-refractivity contribution in [2.75, 3.05) is 19.3 Å². The topological polar surface area (TPSA) is 69.1 Å². The van der Waals surface area contributed by atoms with E-state index in [9.17, 15) is 4.79 Å².